The minimum Gasteiger partial charge on any atom is -0.396 e. The molecule has 4 rings (SSSR count). The molecular formula is C16H20N2O2S2. The van der Waals surface area contributed by atoms with Crippen LogP contribution in [0.3, 0.4) is 0 Å². The largest absolute Gasteiger partial charge is 0.396 e. The van der Waals surface area contributed by atoms with Crippen LogP contribution in [0.25, 0.3) is 10.2 Å². The summed E-state index contributed by atoms with van der Waals surface area (Å²) in [5.41, 5.74) is 1.43. The number of aliphatic hydroxyl groups is 1. The number of hydrogen-bond acceptors (Lipinski definition) is 5. The molecule has 2 heterocycles. The topological polar surface area (TPSA) is 55.1 Å². The molecule has 0 aliphatic heterocycles. The summed E-state index contributed by atoms with van der Waals surface area (Å²) in [6, 6.07) is 0.294. The van der Waals surface area contributed by atoms with Gasteiger partial charge in [0.15, 0.2) is 5.16 Å². The van der Waals surface area contributed by atoms with Crippen LogP contribution in [0.4, 0.5) is 0 Å². The number of aliphatic hydroxyl groups excluding tert-OH is 1. The third-order valence-corrected chi connectivity index (χ3v) is 6.87. The Hall–Kier alpha value is -0.850. The molecule has 1 N–H and O–H groups in total. The molecule has 118 valence electrons. The van der Waals surface area contributed by atoms with Crippen LogP contribution in [0.2, 0.25) is 0 Å². The number of nitrogens with zero attached hydrogens (tertiary/aromatic N) is 2. The van der Waals surface area contributed by atoms with Gasteiger partial charge >= 0.3 is 0 Å². The highest BCUT2D eigenvalue weighted by Gasteiger charge is 2.27. The molecule has 22 heavy (non-hydrogen) atoms. The van der Waals surface area contributed by atoms with E-state index in [1.807, 2.05) is 4.57 Å². The maximum Gasteiger partial charge on any atom is 0.263 e. The Bertz CT molecular complexity index is 760. The van der Waals surface area contributed by atoms with E-state index in [-0.39, 0.29) is 12.2 Å². The predicted molar refractivity (Wildman–Crippen MR) is 91.2 cm³/mol. The van der Waals surface area contributed by atoms with E-state index in [9.17, 15) is 4.79 Å². The van der Waals surface area contributed by atoms with Crippen LogP contribution in [0.1, 0.15) is 48.6 Å². The molecule has 2 aromatic rings. The third kappa shape index (κ3) is 2.32. The molecule has 0 bridgehead atoms. The van der Waals surface area contributed by atoms with Gasteiger partial charge in [0.2, 0.25) is 0 Å². The zero-order valence-electron chi connectivity index (χ0n) is 12.5. The Balaban J connectivity index is 1.92. The zero-order chi connectivity index (χ0) is 15.1. The van der Waals surface area contributed by atoms with Gasteiger partial charge in [-0.05, 0) is 37.7 Å². The first-order valence-corrected chi connectivity index (χ1v) is 9.90. The molecule has 0 aromatic carbocycles. The minimum atomic E-state index is 0.115. The smallest absolute Gasteiger partial charge is 0.263 e. The van der Waals surface area contributed by atoms with Gasteiger partial charge in [-0.1, -0.05) is 24.6 Å². The van der Waals surface area contributed by atoms with Crippen molar-refractivity contribution in [2.45, 2.75) is 56.1 Å². The molecule has 0 amide bonds. The molecule has 2 aromatic heterocycles. The summed E-state index contributed by atoms with van der Waals surface area (Å²) in [6.07, 6.45) is 7.83. The van der Waals surface area contributed by atoms with Gasteiger partial charge in [-0.2, -0.15) is 0 Å². The number of aryl methyl sites for hydroxylation is 2. The van der Waals surface area contributed by atoms with E-state index in [1.54, 1.807) is 11.3 Å². The van der Waals surface area contributed by atoms with Crippen LogP contribution >= 0.6 is 23.1 Å². The quantitative estimate of drug-likeness (QED) is 0.688. The molecule has 0 radical (unpaired) electrons. The highest BCUT2D eigenvalue weighted by molar-refractivity contribution is 7.99. The van der Waals surface area contributed by atoms with Gasteiger partial charge in [0.25, 0.3) is 5.56 Å². The maximum absolute atomic E-state index is 13.2. The van der Waals surface area contributed by atoms with E-state index < -0.39 is 0 Å². The average Bonchev–Trinajstić information content (AvgIpc) is 3.20. The molecular weight excluding hydrogens is 316 g/mol. The van der Waals surface area contributed by atoms with E-state index >= 15 is 0 Å². The number of rotatable bonds is 4. The number of fused-ring (bicyclic) bond motifs is 3. The summed E-state index contributed by atoms with van der Waals surface area (Å²) in [4.78, 5) is 20.3. The summed E-state index contributed by atoms with van der Waals surface area (Å²) < 4.78 is 1.95. The number of hydrogen-bond donors (Lipinski definition) is 1. The first-order valence-electron chi connectivity index (χ1n) is 8.10. The van der Waals surface area contributed by atoms with Crippen molar-refractivity contribution >= 4 is 33.3 Å². The van der Waals surface area contributed by atoms with Crippen LogP contribution in [0.15, 0.2) is 9.95 Å². The van der Waals surface area contributed by atoms with E-state index in [2.05, 4.69) is 0 Å². The number of aromatic nitrogens is 2. The fourth-order valence-corrected chi connectivity index (χ4v) is 5.87. The molecule has 1 saturated carbocycles. The minimum absolute atomic E-state index is 0.115. The molecule has 0 unspecified atom stereocenters. The van der Waals surface area contributed by atoms with Crippen molar-refractivity contribution < 1.29 is 5.11 Å². The van der Waals surface area contributed by atoms with Crippen molar-refractivity contribution in [1.82, 2.24) is 9.55 Å². The highest BCUT2D eigenvalue weighted by Crippen LogP contribution is 2.37. The van der Waals surface area contributed by atoms with Gasteiger partial charge in [-0.3, -0.25) is 9.36 Å². The van der Waals surface area contributed by atoms with Crippen molar-refractivity contribution in [2.75, 3.05) is 12.4 Å². The van der Waals surface area contributed by atoms with Crippen molar-refractivity contribution in [2.24, 2.45) is 0 Å². The van der Waals surface area contributed by atoms with Crippen LogP contribution in [-0.2, 0) is 12.8 Å². The summed E-state index contributed by atoms with van der Waals surface area (Å²) in [6.45, 7) is 0.115. The SMILES string of the molecule is O=c1c2c3c(sc2nc(SCCO)n1C1CCCC1)CCC3. The lowest BCUT2D eigenvalue weighted by Crippen LogP contribution is -2.26. The standard InChI is InChI=1S/C16H20N2O2S2/c19-8-9-21-16-17-14-13(11-6-3-7-12(11)22-14)15(20)18(16)10-4-1-2-5-10/h10,19H,1-9H2. The fourth-order valence-electron chi connectivity index (χ4n) is 3.76. The second kappa shape index (κ2) is 5.98. The Morgan fingerprint density at radius 1 is 1.27 bits per heavy atom. The Morgan fingerprint density at radius 2 is 2.09 bits per heavy atom. The van der Waals surface area contributed by atoms with Gasteiger partial charge in [0, 0.05) is 16.7 Å². The monoisotopic (exact) mass is 336 g/mol. The van der Waals surface area contributed by atoms with E-state index in [1.165, 1.54) is 41.5 Å². The summed E-state index contributed by atoms with van der Waals surface area (Å²) >= 11 is 3.21. The predicted octanol–water partition coefficient (Wildman–Crippen LogP) is 3.15. The summed E-state index contributed by atoms with van der Waals surface area (Å²) in [5, 5.41) is 10.8. The summed E-state index contributed by atoms with van der Waals surface area (Å²) in [5.74, 6) is 0.593. The van der Waals surface area contributed by atoms with Gasteiger partial charge in [-0.25, -0.2) is 4.98 Å². The van der Waals surface area contributed by atoms with Crippen LogP contribution < -0.4 is 5.56 Å². The van der Waals surface area contributed by atoms with E-state index in [0.717, 1.165) is 41.1 Å². The lowest BCUT2D eigenvalue weighted by atomic mass is 10.2. The Kier molecular flexibility index (Phi) is 4.00. The molecule has 2 aliphatic carbocycles. The number of thiophene rings is 1. The summed E-state index contributed by atoms with van der Waals surface area (Å²) in [7, 11) is 0. The van der Waals surface area contributed by atoms with Crippen LogP contribution in [0, 0.1) is 0 Å². The van der Waals surface area contributed by atoms with Gasteiger partial charge in [0.1, 0.15) is 4.83 Å². The molecule has 0 spiro atoms. The molecule has 1 fully saturated rings. The Labute approximate surface area is 137 Å². The third-order valence-electron chi connectivity index (χ3n) is 4.75. The fraction of sp³-hybridized carbons (Fsp3) is 0.625. The van der Waals surface area contributed by atoms with Crippen LogP contribution in [0.5, 0.6) is 0 Å². The highest BCUT2D eigenvalue weighted by atomic mass is 32.2. The van der Waals surface area contributed by atoms with Crippen molar-refractivity contribution in [3.63, 3.8) is 0 Å². The molecule has 0 atom stereocenters. The number of thioether (sulfide) groups is 1. The van der Waals surface area contributed by atoms with Crippen molar-refractivity contribution in [1.29, 1.82) is 0 Å². The van der Waals surface area contributed by atoms with Gasteiger partial charge < -0.3 is 5.11 Å². The molecule has 6 heteroatoms. The maximum atomic E-state index is 13.2. The second-order valence-electron chi connectivity index (χ2n) is 6.12. The lowest BCUT2D eigenvalue weighted by molar-refractivity contribution is 0.322. The lowest BCUT2D eigenvalue weighted by Gasteiger charge is -2.17. The molecule has 0 saturated heterocycles. The van der Waals surface area contributed by atoms with Crippen LogP contribution in [-0.4, -0.2) is 27.0 Å². The van der Waals surface area contributed by atoms with E-state index in [0.29, 0.717) is 11.8 Å². The second-order valence-corrected chi connectivity index (χ2v) is 8.26. The molecule has 4 nitrogen and oxygen atoms in total. The first kappa shape index (κ1) is 14.7. The zero-order valence-corrected chi connectivity index (χ0v) is 14.1. The normalized spacial score (nSPS) is 18.4. The van der Waals surface area contributed by atoms with Crippen molar-refractivity contribution in [3.8, 4) is 0 Å². The molecule has 2 aliphatic rings. The average molecular weight is 336 g/mol. The van der Waals surface area contributed by atoms with E-state index in [4.69, 9.17) is 10.1 Å². The Morgan fingerprint density at radius 3 is 2.86 bits per heavy atom. The first-order chi connectivity index (χ1) is 10.8. The van der Waals surface area contributed by atoms with Gasteiger partial charge in [0.05, 0.1) is 12.0 Å². The van der Waals surface area contributed by atoms with Crippen molar-refractivity contribution in [3.05, 3.63) is 20.8 Å². The van der Waals surface area contributed by atoms with Gasteiger partial charge in [-0.15, -0.1) is 11.3 Å².